The first-order valence-corrected chi connectivity index (χ1v) is 43.3. The van der Waals surface area contributed by atoms with E-state index < -0.39 is 97.5 Å². The SMILES string of the molecule is CCCCCCCCCCCCCCCCCCCCCCC(=O)O[C@H](COC(=O)CCCCCCCCCCCCCCCCCCCC)COP(=O)(O)OC[C@@H](O)COP(=O)(O)OC[C@@H](COC(=O)CCCCCCCCCCC)OC(=O)CCCCCCCCCCC. The lowest BCUT2D eigenvalue weighted by Crippen LogP contribution is -2.30. The zero-order chi connectivity index (χ0) is 70.4. The van der Waals surface area contributed by atoms with Crippen LogP contribution < -0.4 is 0 Å². The maximum Gasteiger partial charge on any atom is 0.472 e. The van der Waals surface area contributed by atoms with E-state index in [1.807, 2.05) is 0 Å². The molecule has 17 nitrogen and oxygen atoms in total. The number of ether oxygens (including phenoxy) is 4. The molecule has 0 spiro atoms. The molecular weight excluding hydrogens is 1260 g/mol. The molecule has 0 bridgehead atoms. The molecule has 0 saturated heterocycles. The maximum absolute atomic E-state index is 13.1. The van der Waals surface area contributed by atoms with Gasteiger partial charge >= 0.3 is 39.5 Å². The van der Waals surface area contributed by atoms with E-state index in [-0.39, 0.29) is 25.7 Å². The molecule has 0 aliphatic rings. The van der Waals surface area contributed by atoms with Crippen molar-refractivity contribution >= 4 is 39.5 Å². The summed E-state index contributed by atoms with van der Waals surface area (Å²) >= 11 is 0. The van der Waals surface area contributed by atoms with Crippen LogP contribution in [0, 0.1) is 0 Å². The lowest BCUT2D eigenvalue weighted by molar-refractivity contribution is -0.161. The van der Waals surface area contributed by atoms with Gasteiger partial charge in [0.25, 0.3) is 0 Å². The van der Waals surface area contributed by atoms with Crippen molar-refractivity contribution in [3.63, 3.8) is 0 Å². The first-order chi connectivity index (χ1) is 46.7. The molecule has 96 heavy (non-hydrogen) atoms. The molecule has 570 valence electrons. The molecule has 0 aliphatic heterocycles. The van der Waals surface area contributed by atoms with Gasteiger partial charge in [0.15, 0.2) is 12.2 Å². The van der Waals surface area contributed by atoms with E-state index in [1.165, 1.54) is 244 Å². The first kappa shape index (κ1) is 94.1. The smallest absolute Gasteiger partial charge is 0.462 e. The number of phosphoric acid groups is 2. The van der Waals surface area contributed by atoms with Gasteiger partial charge in [-0.05, 0) is 25.7 Å². The van der Waals surface area contributed by atoms with Crippen LogP contribution in [0.5, 0.6) is 0 Å². The summed E-state index contributed by atoms with van der Waals surface area (Å²) in [6.07, 6.45) is 62.6. The minimum Gasteiger partial charge on any atom is -0.462 e. The van der Waals surface area contributed by atoms with E-state index in [0.29, 0.717) is 25.7 Å². The van der Waals surface area contributed by atoms with E-state index >= 15 is 0 Å². The monoisotopic (exact) mass is 1410 g/mol. The molecule has 0 aromatic carbocycles. The Morgan fingerprint density at radius 3 is 0.615 bits per heavy atom. The van der Waals surface area contributed by atoms with E-state index in [4.69, 9.17) is 37.0 Å². The number of rotatable bonds is 78. The number of hydrogen-bond acceptors (Lipinski definition) is 15. The van der Waals surface area contributed by atoms with Gasteiger partial charge < -0.3 is 33.8 Å². The lowest BCUT2D eigenvalue weighted by atomic mass is 10.0. The van der Waals surface area contributed by atoms with Gasteiger partial charge in [-0.1, -0.05) is 362 Å². The number of aliphatic hydroxyl groups is 1. The summed E-state index contributed by atoms with van der Waals surface area (Å²) in [6, 6.07) is 0. The van der Waals surface area contributed by atoms with E-state index in [2.05, 4.69) is 27.7 Å². The normalized spacial score (nSPS) is 13.9. The molecule has 3 N–H and O–H groups in total. The van der Waals surface area contributed by atoms with Crippen LogP contribution >= 0.6 is 15.6 Å². The van der Waals surface area contributed by atoms with Crippen LogP contribution in [0.15, 0.2) is 0 Å². The number of phosphoric ester groups is 2. The van der Waals surface area contributed by atoms with Crippen molar-refractivity contribution in [2.75, 3.05) is 39.6 Å². The molecule has 19 heteroatoms. The molecule has 2 unspecified atom stereocenters. The fraction of sp³-hybridized carbons (Fsp3) is 0.948. The Labute approximate surface area is 588 Å². The van der Waals surface area contributed by atoms with Gasteiger partial charge in [-0.3, -0.25) is 37.3 Å². The summed E-state index contributed by atoms with van der Waals surface area (Å²) in [4.78, 5) is 72.7. The number of hydrogen-bond donors (Lipinski definition) is 3. The summed E-state index contributed by atoms with van der Waals surface area (Å²) in [6.45, 7) is 4.96. The maximum atomic E-state index is 13.1. The third kappa shape index (κ3) is 70.5. The first-order valence-electron chi connectivity index (χ1n) is 40.3. The summed E-state index contributed by atoms with van der Waals surface area (Å²) < 4.78 is 68.4. The third-order valence-corrected chi connectivity index (χ3v) is 20.0. The van der Waals surface area contributed by atoms with Gasteiger partial charge in [0.2, 0.25) is 0 Å². The van der Waals surface area contributed by atoms with Crippen molar-refractivity contribution in [1.82, 2.24) is 0 Å². The number of unbranched alkanes of at least 4 members (excludes halogenated alkanes) is 52. The van der Waals surface area contributed by atoms with Crippen molar-refractivity contribution in [2.24, 2.45) is 0 Å². The van der Waals surface area contributed by atoms with Gasteiger partial charge in [-0.2, -0.15) is 0 Å². The summed E-state index contributed by atoms with van der Waals surface area (Å²) in [7, 11) is -9.90. The summed E-state index contributed by atoms with van der Waals surface area (Å²) in [5.74, 6) is -2.11. The topological polar surface area (TPSA) is 237 Å². The minimum absolute atomic E-state index is 0.106. The highest BCUT2D eigenvalue weighted by Gasteiger charge is 2.30. The van der Waals surface area contributed by atoms with Crippen LogP contribution in [0.2, 0.25) is 0 Å². The second-order valence-corrected chi connectivity index (χ2v) is 30.7. The fourth-order valence-corrected chi connectivity index (χ4v) is 13.5. The average Bonchev–Trinajstić information content (AvgIpc) is 1.12. The largest absolute Gasteiger partial charge is 0.472 e. The van der Waals surface area contributed by atoms with Crippen molar-refractivity contribution in [3.05, 3.63) is 0 Å². The molecule has 0 saturated carbocycles. The summed E-state index contributed by atoms with van der Waals surface area (Å²) in [5, 5.41) is 10.6. The fourth-order valence-electron chi connectivity index (χ4n) is 11.9. The molecule has 0 aromatic rings. The van der Waals surface area contributed by atoms with Crippen molar-refractivity contribution in [1.29, 1.82) is 0 Å². The Hall–Kier alpha value is -1.94. The van der Waals surface area contributed by atoms with Crippen molar-refractivity contribution in [2.45, 2.75) is 431 Å². The van der Waals surface area contributed by atoms with Gasteiger partial charge in [0.05, 0.1) is 26.4 Å². The highest BCUT2D eigenvalue weighted by molar-refractivity contribution is 7.47. The quantitative estimate of drug-likeness (QED) is 0.0222. The second kappa shape index (κ2) is 71.5. The van der Waals surface area contributed by atoms with Crippen LogP contribution in [0.3, 0.4) is 0 Å². The standard InChI is InChI=1S/C77H150O17P2/c1-5-9-13-17-21-25-27-29-31-33-35-36-38-40-42-44-48-52-56-60-64-77(82)94-73(68-88-75(80)62-58-54-50-47-43-41-39-37-34-32-30-28-26-22-18-14-10-6-2)70-92-96(85,86)90-66-71(78)65-89-95(83,84)91-69-72(93-76(81)63-59-55-51-46-24-20-16-12-8-4)67-87-74(79)61-57-53-49-45-23-19-15-11-7-3/h71-73,78H,5-70H2,1-4H3,(H,83,84)(H,85,86)/t71-,72+,73+/m0/s1. The van der Waals surface area contributed by atoms with E-state index in [9.17, 15) is 43.2 Å². The van der Waals surface area contributed by atoms with Crippen LogP contribution in [0.4, 0.5) is 0 Å². The molecule has 0 heterocycles. The number of esters is 4. The number of carbonyl (C=O) groups is 4. The second-order valence-electron chi connectivity index (χ2n) is 27.7. The molecule has 0 aliphatic carbocycles. The van der Waals surface area contributed by atoms with Gasteiger partial charge in [0, 0.05) is 25.7 Å². The van der Waals surface area contributed by atoms with Gasteiger partial charge in [-0.25, -0.2) is 9.13 Å². The Morgan fingerprint density at radius 2 is 0.417 bits per heavy atom. The minimum atomic E-state index is -4.96. The average molecular weight is 1410 g/mol. The molecular formula is C77H150O17P2. The molecule has 0 radical (unpaired) electrons. The zero-order valence-electron chi connectivity index (χ0n) is 62.4. The van der Waals surface area contributed by atoms with Crippen LogP contribution in [-0.4, -0.2) is 96.7 Å². The predicted molar refractivity (Wildman–Crippen MR) is 391 cm³/mol. The lowest BCUT2D eigenvalue weighted by Gasteiger charge is -2.21. The Bertz CT molecular complexity index is 1830. The Morgan fingerprint density at radius 1 is 0.250 bits per heavy atom. The number of aliphatic hydroxyl groups excluding tert-OH is 1. The molecule has 0 amide bonds. The third-order valence-electron chi connectivity index (χ3n) is 18.1. The molecule has 0 aromatic heterocycles. The van der Waals surface area contributed by atoms with Crippen LogP contribution in [0.1, 0.15) is 413 Å². The van der Waals surface area contributed by atoms with Crippen molar-refractivity contribution < 1.29 is 80.2 Å². The number of carbonyl (C=O) groups excluding carboxylic acids is 4. The molecule has 0 fully saturated rings. The zero-order valence-corrected chi connectivity index (χ0v) is 64.1. The van der Waals surface area contributed by atoms with Crippen LogP contribution in [-0.2, 0) is 65.4 Å². The Balaban J connectivity index is 5.17. The molecule has 5 atom stereocenters. The van der Waals surface area contributed by atoms with Gasteiger partial charge in [-0.15, -0.1) is 0 Å². The van der Waals surface area contributed by atoms with Crippen LogP contribution in [0.25, 0.3) is 0 Å². The van der Waals surface area contributed by atoms with E-state index in [0.717, 1.165) is 89.9 Å². The highest BCUT2D eigenvalue weighted by atomic mass is 31.2. The van der Waals surface area contributed by atoms with Crippen molar-refractivity contribution in [3.8, 4) is 0 Å². The van der Waals surface area contributed by atoms with E-state index in [1.54, 1.807) is 0 Å². The summed E-state index contributed by atoms with van der Waals surface area (Å²) in [5.41, 5.74) is 0. The molecule has 0 rings (SSSR count). The Kier molecular flexibility index (Phi) is 70.0. The predicted octanol–water partition coefficient (Wildman–Crippen LogP) is 23.0. The van der Waals surface area contributed by atoms with Gasteiger partial charge in [0.1, 0.15) is 19.3 Å². The highest BCUT2D eigenvalue weighted by Crippen LogP contribution is 2.45.